The molecule has 0 saturated carbocycles. The molecule has 5 amide bonds. The minimum atomic E-state index is -0.435. The van der Waals surface area contributed by atoms with E-state index in [1.165, 1.54) is 0 Å². The van der Waals surface area contributed by atoms with E-state index >= 15 is 0 Å². The van der Waals surface area contributed by atoms with Crippen molar-refractivity contribution in [3.63, 3.8) is 0 Å². The van der Waals surface area contributed by atoms with Crippen molar-refractivity contribution in [2.75, 3.05) is 37.4 Å². The van der Waals surface area contributed by atoms with Gasteiger partial charge in [-0.05, 0) is 51.1 Å². The molecular formula is C27H37N5O5. The van der Waals surface area contributed by atoms with E-state index in [9.17, 15) is 19.5 Å². The van der Waals surface area contributed by atoms with Gasteiger partial charge < -0.3 is 35.6 Å². The van der Waals surface area contributed by atoms with Gasteiger partial charge in [-0.15, -0.1) is 0 Å². The van der Waals surface area contributed by atoms with Crippen LogP contribution in [0.15, 0.2) is 48.5 Å². The number of carbonyl (C=O) groups excluding carboxylic acids is 3. The predicted octanol–water partition coefficient (Wildman–Crippen LogP) is 3.60. The second-order valence-corrected chi connectivity index (χ2v) is 9.76. The minimum absolute atomic E-state index is 0.0477. The zero-order chi connectivity index (χ0) is 27.1. The molecule has 3 rings (SSSR count). The van der Waals surface area contributed by atoms with Crippen LogP contribution in [0.2, 0.25) is 0 Å². The number of aliphatic hydroxyl groups excluding tert-OH is 1. The molecule has 0 fully saturated rings. The topological polar surface area (TPSA) is 123 Å². The second kappa shape index (κ2) is 12.4. The van der Waals surface area contributed by atoms with Crippen molar-refractivity contribution in [1.29, 1.82) is 0 Å². The summed E-state index contributed by atoms with van der Waals surface area (Å²) in [5, 5.41) is 18.2. The number of hydrogen-bond donors (Lipinski definition) is 4. The summed E-state index contributed by atoms with van der Waals surface area (Å²) in [4.78, 5) is 41.7. The van der Waals surface area contributed by atoms with Crippen LogP contribution in [-0.4, -0.2) is 77.8 Å². The number of para-hydroxylation sites is 1. The molecule has 2 aromatic carbocycles. The lowest BCUT2D eigenvalue weighted by Crippen LogP contribution is -2.50. The molecule has 1 heterocycles. The molecule has 200 valence electrons. The van der Waals surface area contributed by atoms with Crippen molar-refractivity contribution in [1.82, 2.24) is 15.1 Å². The van der Waals surface area contributed by atoms with Crippen LogP contribution >= 0.6 is 0 Å². The SMILES string of the molecule is CC(C)NC(=O)Nc1ccc2c(c1)C(=O)N([C@H](C)CO)C[C@@H](C)[C@H](CN(C)C(=O)Nc1ccccc1)O2. The van der Waals surface area contributed by atoms with Crippen LogP contribution in [-0.2, 0) is 0 Å². The fourth-order valence-corrected chi connectivity index (χ4v) is 4.04. The van der Waals surface area contributed by atoms with Gasteiger partial charge in [0.1, 0.15) is 11.9 Å². The molecular weight excluding hydrogens is 474 g/mol. The number of ether oxygens (including phenoxy) is 1. The molecule has 0 bridgehead atoms. The van der Waals surface area contributed by atoms with Crippen molar-refractivity contribution in [3.05, 3.63) is 54.1 Å². The Bertz CT molecular complexity index is 1090. The van der Waals surface area contributed by atoms with E-state index in [-0.39, 0.29) is 48.6 Å². The monoisotopic (exact) mass is 511 g/mol. The number of benzene rings is 2. The largest absolute Gasteiger partial charge is 0.487 e. The van der Waals surface area contributed by atoms with E-state index in [4.69, 9.17) is 4.74 Å². The molecule has 0 aromatic heterocycles. The van der Waals surface area contributed by atoms with Gasteiger partial charge in [0, 0.05) is 36.9 Å². The molecule has 4 N–H and O–H groups in total. The number of rotatable bonds is 7. The Hall–Kier alpha value is -3.79. The molecule has 10 nitrogen and oxygen atoms in total. The summed E-state index contributed by atoms with van der Waals surface area (Å²) >= 11 is 0. The molecule has 1 aliphatic rings. The highest BCUT2D eigenvalue weighted by Gasteiger charge is 2.34. The average molecular weight is 512 g/mol. The van der Waals surface area contributed by atoms with Crippen molar-refractivity contribution < 1.29 is 24.2 Å². The first-order valence-corrected chi connectivity index (χ1v) is 12.5. The molecule has 0 spiro atoms. The van der Waals surface area contributed by atoms with Gasteiger partial charge in [-0.2, -0.15) is 0 Å². The van der Waals surface area contributed by atoms with Crippen LogP contribution in [0, 0.1) is 5.92 Å². The Balaban J connectivity index is 1.86. The molecule has 1 aliphatic heterocycles. The highest BCUT2D eigenvalue weighted by Crippen LogP contribution is 2.30. The van der Waals surface area contributed by atoms with E-state index in [1.54, 1.807) is 42.0 Å². The number of anilines is 2. The normalized spacial score (nSPS) is 18.1. The highest BCUT2D eigenvalue weighted by atomic mass is 16.5. The molecule has 37 heavy (non-hydrogen) atoms. The predicted molar refractivity (Wildman–Crippen MR) is 143 cm³/mol. The highest BCUT2D eigenvalue weighted by molar-refractivity contribution is 5.99. The van der Waals surface area contributed by atoms with E-state index in [0.717, 1.165) is 0 Å². The number of hydrogen-bond acceptors (Lipinski definition) is 5. The van der Waals surface area contributed by atoms with Crippen molar-refractivity contribution in [2.45, 2.75) is 45.9 Å². The maximum Gasteiger partial charge on any atom is 0.321 e. The van der Waals surface area contributed by atoms with Gasteiger partial charge in [-0.25, -0.2) is 9.59 Å². The summed E-state index contributed by atoms with van der Waals surface area (Å²) in [6.45, 7) is 7.83. The Morgan fingerprint density at radius 3 is 2.46 bits per heavy atom. The van der Waals surface area contributed by atoms with E-state index in [1.807, 2.05) is 51.1 Å². The molecule has 0 saturated heterocycles. The lowest BCUT2D eigenvalue weighted by Gasteiger charge is -2.38. The number of nitrogens with one attached hydrogen (secondary N) is 3. The number of fused-ring (bicyclic) bond motifs is 1. The Labute approximate surface area is 218 Å². The Morgan fingerprint density at radius 2 is 1.81 bits per heavy atom. The zero-order valence-electron chi connectivity index (χ0n) is 22.0. The number of urea groups is 2. The van der Waals surface area contributed by atoms with Crippen LogP contribution in [0.3, 0.4) is 0 Å². The summed E-state index contributed by atoms with van der Waals surface area (Å²) in [6, 6.07) is 12.9. The van der Waals surface area contributed by atoms with E-state index < -0.39 is 12.1 Å². The maximum atomic E-state index is 13.5. The molecule has 0 unspecified atom stereocenters. The zero-order valence-corrected chi connectivity index (χ0v) is 22.0. The standard InChI is InChI=1S/C27H37N5O5/c1-17(2)28-26(35)29-21-11-12-23-22(13-21)25(34)32(19(4)16-33)14-18(3)24(37-23)15-31(5)27(36)30-20-9-7-6-8-10-20/h6-13,17-19,24,33H,14-16H2,1-5H3,(H,30,36)(H2,28,29,35)/t18-,19-,24+/m1/s1. The van der Waals surface area contributed by atoms with Crippen LogP contribution in [0.25, 0.3) is 0 Å². The lowest BCUT2D eigenvalue weighted by atomic mass is 9.99. The quantitative estimate of drug-likeness (QED) is 0.452. The van der Waals surface area contributed by atoms with Gasteiger partial charge in [-0.1, -0.05) is 25.1 Å². The summed E-state index contributed by atoms with van der Waals surface area (Å²) in [5.74, 6) is -0.0963. The molecule has 3 atom stereocenters. The number of likely N-dealkylation sites (N-methyl/N-ethyl adjacent to an activating group) is 1. The van der Waals surface area contributed by atoms with Crippen LogP contribution < -0.4 is 20.7 Å². The van der Waals surface area contributed by atoms with Crippen LogP contribution in [0.4, 0.5) is 21.0 Å². The van der Waals surface area contributed by atoms with Crippen molar-refractivity contribution in [2.24, 2.45) is 5.92 Å². The van der Waals surface area contributed by atoms with Gasteiger partial charge in [0.05, 0.1) is 24.8 Å². The summed E-state index contributed by atoms with van der Waals surface area (Å²) in [5.41, 5.74) is 1.40. The Morgan fingerprint density at radius 1 is 1.11 bits per heavy atom. The average Bonchev–Trinajstić information content (AvgIpc) is 2.86. The van der Waals surface area contributed by atoms with Gasteiger partial charge >= 0.3 is 12.1 Å². The number of aliphatic hydroxyl groups is 1. The summed E-state index contributed by atoms with van der Waals surface area (Å²) in [6.07, 6.45) is -0.435. The maximum absolute atomic E-state index is 13.5. The summed E-state index contributed by atoms with van der Waals surface area (Å²) in [7, 11) is 1.69. The molecule has 0 aliphatic carbocycles. The first kappa shape index (κ1) is 27.8. The van der Waals surface area contributed by atoms with Crippen LogP contribution in [0.1, 0.15) is 38.1 Å². The van der Waals surface area contributed by atoms with Crippen molar-refractivity contribution in [3.8, 4) is 5.75 Å². The fourth-order valence-electron chi connectivity index (χ4n) is 4.04. The second-order valence-electron chi connectivity index (χ2n) is 9.76. The third kappa shape index (κ3) is 7.36. The first-order valence-electron chi connectivity index (χ1n) is 12.5. The van der Waals surface area contributed by atoms with Crippen LogP contribution in [0.5, 0.6) is 5.75 Å². The van der Waals surface area contributed by atoms with Gasteiger partial charge in [-0.3, -0.25) is 4.79 Å². The number of carbonyl (C=O) groups is 3. The Kier molecular flexibility index (Phi) is 9.35. The van der Waals surface area contributed by atoms with Gasteiger partial charge in [0.15, 0.2) is 0 Å². The van der Waals surface area contributed by atoms with E-state index in [2.05, 4.69) is 16.0 Å². The third-order valence-corrected chi connectivity index (χ3v) is 6.17. The lowest BCUT2D eigenvalue weighted by molar-refractivity contribution is 0.0371. The smallest absolute Gasteiger partial charge is 0.321 e. The number of nitrogens with zero attached hydrogens (tertiary/aromatic N) is 2. The molecule has 10 heteroatoms. The first-order chi connectivity index (χ1) is 17.6. The summed E-state index contributed by atoms with van der Waals surface area (Å²) < 4.78 is 6.32. The van der Waals surface area contributed by atoms with Crippen molar-refractivity contribution >= 4 is 29.3 Å². The van der Waals surface area contributed by atoms with E-state index in [0.29, 0.717) is 23.7 Å². The molecule has 0 radical (unpaired) electrons. The minimum Gasteiger partial charge on any atom is -0.487 e. The fraction of sp³-hybridized carbons (Fsp3) is 0.444. The number of amides is 5. The van der Waals surface area contributed by atoms with Gasteiger partial charge in [0.25, 0.3) is 5.91 Å². The third-order valence-electron chi connectivity index (χ3n) is 6.17. The molecule has 2 aromatic rings. The van der Waals surface area contributed by atoms with Gasteiger partial charge in [0.2, 0.25) is 0 Å².